The number of ether oxygens (including phenoxy) is 3. The SMILES string of the molecule is CCCCC/C=C\C/C=C\CCCCCCCCOCCCCS.COCCCCO.COCCCCSC(C)=O.OCCCCO. The number of methoxy groups -OCH3 is 2. The van der Waals surface area contributed by atoms with E-state index in [-0.39, 0.29) is 24.9 Å². The first-order valence-corrected chi connectivity index (χ1v) is 20.1. The smallest absolute Gasteiger partial charge is 0.185 e. The summed E-state index contributed by atoms with van der Waals surface area (Å²) in [7, 11) is 3.36. The lowest BCUT2D eigenvalue weighted by Gasteiger charge is -2.03. The van der Waals surface area contributed by atoms with E-state index < -0.39 is 0 Å². The molecular weight excluding hydrogens is 633 g/mol. The van der Waals surface area contributed by atoms with E-state index in [1.165, 1.54) is 88.8 Å². The Morgan fingerprint density at radius 2 is 1.04 bits per heavy atom. The molecule has 0 aromatic rings. The molecule has 0 heterocycles. The minimum Gasteiger partial charge on any atom is -0.396 e. The molecule has 0 aromatic carbocycles. The van der Waals surface area contributed by atoms with Crippen LogP contribution in [0, 0.1) is 0 Å². The lowest BCUT2D eigenvalue weighted by Crippen LogP contribution is -1.97. The zero-order valence-electron chi connectivity index (χ0n) is 31.1. The van der Waals surface area contributed by atoms with Crippen molar-refractivity contribution in [2.24, 2.45) is 0 Å². The van der Waals surface area contributed by atoms with Crippen molar-refractivity contribution in [3.8, 4) is 0 Å². The molecule has 0 spiro atoms. The highest BCUT2D eigenvalue weighted by molar-refractivity contribution is 8.13. The van der Waals surface area contributed by atoms with Crippen molar-refractivity contribution >= 4 is 29.5 Å². The molecule has 0 saturated heterocycles. The van der Waals surface area contributed by atoms with Gasteiger partial charge in [0.1, 0.15) is 0 Å². The average molecular weight is 711 g/mol. The van der Waals surface area contributed by atoms with Crippen LogP contribution in [0.1, 0.15) is 142 Å². The van der Waals surface area contributed by atoms with Gasteiger partial charge in [-0.3, -0.25) is 4.79 Å². The minimum absolute atomic E-state index is 0.195. The highest BCUT2D eigenvalue weighted by Gasteiger charge is 1.94. The van der Waals surface area contributed by atoms with E-state index in [1.807, 2.05) is 0 Å². The van der Waals surface area contributed by atoms with Gasteiger partial charge in [0.05, 0.1) is 0 Å². The molecule has 0 amide bonds. The maximum Gasteiger partial charge on any atom is 0.185 e. The van der Waals surface area contributed by atoms with Crippen molar-refractivity contribution in [2.75, 3.05) is 72.0 Å². The Hall–Kier alpha value is -0.390. The van der Waals surface area contributed by atoms with Gasteiger partial charge in [0.25, 0.3) is 0 Å². The molecule has 0 atom stereocenters. The molecular formula is C38H78O7S2. The van der Waals surface area contributed by atoms with Gasteiger partial charge in [-0.15, -0.1) is 0 Å². The first-order valence-electron chi connectivity index (χ1n) is 18.4. The second-order valence-electron chi connectivity index (χ2n) is 11.2. The fraction of sp³-hybridized carbons (Fsp3) is 0.868. The van der Waals surface area contributed by atoms with Crippen molar-refractivity contribution in [3.63, 3.8) is 0 Å². The summed E-state index contributed by atoms with van der Waals surface area (Å²) in [5, 5.41) is 24.6. The molecule has 7 nitrogen and oxygen atoms in total. The number of carbonyl (C=O) groups excluding carboxylic acids is 1. The van der Waals surface area contributed by atoms with Crippen molar-refractivity contribution < 1.29 is 34.3 Å². The van der Waals surface area contributed by atoms with E-state index in [0.29, 0.717) is 0 Å². The van der Waals surface area contributed by atoms with Crippen molar-refractivity contribution in [2.45, 2.75) is 142 Å². The van der Waals surface area contributed by atoms with Crippen molar-refractivity contribution in [1.82, 2.24) is 0 Å². The molecule has 0 radical (unpaired) electrons. The van der Waals surface area contributed by atoms with Crippen LogP contribution >= 0.6 is 24.4 Å². The number of thioether (sulfide) groups is 1. The molecule has 0 fully saturated rings. The van der Waals surface area contributed by atoms with Crippen LogP contribution < -0.4 is 0 Å². The largest absolute Gasteiger partial charge is 0.396 e. The molecule has 3 N–H and O–H groups in total. The van der Waals surface area contributed by atoms with Gasteiger partial charge in [0.15, 0.2) is 5.12 Å². The maximum absolute atomic E-state index is 10.4. The van der Waals surface area contributed by atoms with E-state index in [1.54, 1.807) is 21.1 Å². The number of hydrogen-bond donors (Lipinski definition) is 4. The van der Waals surface area contributed by atoms with Gasteiger partial charge in [-0.05, 0) is 95.6 Å². The second kappa shape index (κ2) is 57.9. The van der Waals surface area contributed by atoms with Gasteiger partial charge in [0, 0.05) is 73.1 Å². The molecule has 0 aliphatic heterocycles. The predicted molar refractivity (Wildman–Crippen MR) is 209 cm³/mol. The monoisotopic (exact) mass is 711 g/mol. The van der Waals surface area contributed by atoms with Gasteiger partial charge in [-0.25, -0.2) is 0 Å². The third kappa shape index (κ3) is 72.4. The Kier molecular flexibility index (Phi) is 65.7. The molecule has 0 unspecified atom stereocenters. The van der Waals surface area contributed by atoms with Crippen LogP contribution in [-0.2, 0) is 19.0 Å². The van der Waals surface area contributed by atoms with E-state index in [9.17, 15) is 4.79 Å². The molecule has 9 heteroatoms. The van der Waals surface area contributed by atoms with E-state index in [0.717, 1.165) is 89.3 Å². The molecule has 0 bridgehead atoms. The van der Waals surface area contributed by atoms with Gasteiger partial charge >= 0.3 is 0 Å². The summed E-state index contributed by atoms with van der Waals surface area (Å²) < 4.78 is 15.2. The summed E-state index contributed by atoms with van der Waals surface area (Å²) in [6, 6.07) is 0. The number of allylic oxidation sites excluding steroid dienone is 4. The van der Waals surface area contributed by atoms with Crippen LogP contribution in [0.5, 0.6) is 0 Å². The number of thiol groups is 1. The van der Waals surface area contributed by atoms with Gasteiger partial charge in [-0.1, -0.05) is 81.5 Å². The molecule has 0 aliphatic rings. The number of rotatable bonds is 31. The summed E-state index contributed by atoms with van der Waals surface area (Å²) in [6.07, 6.45) is 32.7. The number of unbranched alkanes of at least 4 members (excludes halogenated alkanes) is 13. The molecule has 284 valence electrons. The third-order valence-corrected chi connectivity index (χ3v) is 7.77. The van der Waals surface area contributed by atoms with Gasteiger partial charge in [0.2, 0.25) is 0 Å². The molecule has 0 aromatic heterocycles. The summed E-state index contributed by atoms with van der Waals surface area (Å²) in [6.45, 7) is 7.96. The van der Waals surface area contributed by atoms with Crippen LogP contribution in [0.4, 0.5) is 0 Å². The summed E-state index contributed by atoms with van der Waals surface area (Å²) >= 11 is 5.59. The third-order valence-electron chi connectivity index (χ3n) is 6.56. The van der Waals surface area contributed by atoms with Gasteiger partial charge < -0.3 is 29.5 Å². The van der Waals surface area contributed by atoms with Crippen LogP contribution in [0.15, 0.2) is 24.3 Å². The summed E-state index contributed by atoms with van der Waals surface area (Å²) in [5.41, 5.74) is 0. The van der Waals surface area contributed by atoms with Crippen LogP contribution in [0.3, 0.4) is 0 Å². The Labute approximate surface area is 301 Å². The van der Waals surface area contributed by atoms with E-state index in [4.69, 9.17) is 29.5 Å². The normalized spacial score (nSPS) is 10.7. The quantitative estimate of drug-likeness (QED) is 0.0321. The predicted octanol–water partition coefficient (Wildman–Crippen LogP) is 9.38. The fourth-order valence-corrected chi connectivity index (χ4v) is 4.62. The average Bonchev–Trinajstić information content (AvgIpc) is 3.07. The Bertz CT molecular complexity index is 570. The Balaban J connectivity index is -0.000000326. The van der Waals surface area contributed by atoms with E-state index >= 15 is 0 Å². The van der Waals surface area contributed by atoms with Crippen LogP contribution in [-0.4, -0.2) is 92.4 Å². The van der Waals surface area contributed by atoms with E-state index in [2.05, 4.69) is 43.9 Å². The molecule has 0 aliphatic carbocycles. The zero-order chi connectivity index (χ0) is 35.7. The maximum atomic E-state index is 10.4. The molecule has 47 heavy (non-hydrogen) atoms. The summed E-state index contributed by atoms with van der Waals surface area (Å²) in [5.74, 6) is 1.91. The first-order chi connectivity index (χ1) is 23.0. The van der Waals surface area contributed by atoms with Crippen LogP contribution in [0.25, 0.3) is 0 Å². The second-order valence-corrected chi connectivity index (χ2v) is 13.0. The highest BCUT2D eigenvalue weighted by Crippen LogP contribution is 2.08. The van der Waals surface area contributed by atoms with Gasteiger partial charge in [-0.2, -0.15) is 12.6 Å². The fourth-order valence-electron chi connectivity index (χ4n) is 3.76. The van der Waals surface area contributed by atoms with Crippen LogP contribution in [0.2, 0.25) is 0 Å². The van der Waals surface area contributed by atoms with Crippen molar-refractivity contribution in [1.29, 1.82) is 0 Å². The topological polar surface area (TPSA) is 105 Å². The number of aliphatic hydroxyl groups is 3. The molecule has 0 rings (SSSR count). The molecule has 0 saturated carbocycles. The number of aliphatic hydroxyl groups excluding tert-OH is 3. The van der Waals surface area contributed by atoms with Crippen molar-refractivity contribution in [3.05, 3.63) is 24.3 Å². The number of carbonyl (C=O) groups is 1. The minimum atomic E-state index is 0.195. The Morgan fingerprint density at radius 1 is 0.596 bits per heavy atom. The first kappa shape index (κ1) is 53.4. The standard InChI is InChI=1S/C22H42OS.C7H14O2S.C5H12O2.C4H10O2/c1-2-3-4-5-6-7-8-9-10-11-12-13-14-15-16-17-20-23-21-18-19-22-24;1-7(8)10-6-4-3-5-9-2;1-7-5-3-2-4-6;5-3-1-2-4-6/h6-7,9-10,24H,2-5,8,11-22H2,1H3;3-6H2,1-2H3;6H,2-5H2,1H3;5-6H,1-4H2/b7-6-,10-9-;;;. The lowest BCUT2D eigenvalue weighted by atomic mass is 10.1. The zero-order valence-corrected chi connectivity index (χ0v) is 32.9. The Morgan fingerprint density at radius 3 is 1.53 bits per heavy atom. The highest BCUT2D eigenvalue weighted by atomic mass is 32.2. The lowest BCUT2D eigenvalue weighted by molar-refractivity contribution is -0.109. The summed E-state index contributed by atoms with van der Waals surface area (Å²) in [4.78, 5) is 10.4. The number of hydrogen-bond acceptors (Lipinski definition) is 9.